The molecule has 1 aromatic heterocycles. The smallest absolute Gasteiger partial charge is 0.344 e. The number of ether oxygens (including phenoxy) is 1. The van der Waals surface area contributed by atoms with Gasteiger partial charge in [0.25, 0.3) is 0 Å². The summed E-state index contributed by atoms with van der Waals surface area (Å²) in [5, 5.41) is 0.817. The Balaban J connectivity index is 1.82. The lowest BCUT2D eigenvalue weighted by atomic mass is 9.99. The maximum Gasteiger partial charge on any atom is 0.344 e. The Labute approximate surface area is 127 Å². The van der Waals surface area contributed by atoms with Crippen LogP contribution in [0.3, 0.4) is 0 Å². The van der Waals surface area contributed by atoms with Crippen molar-refractivity contribution in [3.63, 3.8) is 0 Å². The number of hydrogen-bond acceptors (Lipinski definition) is 6. The van der Waals surface area contributed by atoms with Crippen LogP contribution in [0, 0.1) is 0 Å². The molecule has 0 bridgehead atoms. The number of benzene rings is 1. The number of esters is 1. The molecule has 1 aromatic carbocycles. The topological polar surface area (TPSA) is 68.5 Å². The van der Waals surface area contributed by atoms with Gasteiger partial charge in [-0.15, -0.1) is 0 Å². The van der Waals surface area contributed by atoms with E-state index in [1.54, 1.807) is 0 Å². The average molecular weight is 303 g/mol. The highest BCUT2D eigenvalue weighted by Crippen LogP contribution is 2.37. The number of nitrogens with two attached hydrogens (primary N) is 1. The molecule has 21 heavy (non-hydrogen) atoms. The molecule has 2 aromatic rings. The zero-order valence-corrected chi connectivity index (χ0v) is 12.6. The SMILES string of the molecule is COC(=O)c1c(N)nsc1N1CCC(c2ccccc2)C1. The summed E-state index contributed by atoms with van der Waals surface area (Å²) in [6.45, 7) is 1.76. The minimum atomic E-state index is -0.417. The first kappa shape index (κ1) is 13.9. The Hall–Kier alpha value is -2.08. The van der Waals surface area contributed by atoms with Crippen LogP contribution in [-0.2, 0) is 4.74 Å². The molecule has 110 valence electrons. The maximum atomic E-state index is 11.9. The van der Waals surface area contributed by atoms with E-state index in [9.17, 15) is 4.79 Å². The van der Waals surface area contributed by atoms with Crippen LogP contribution in [0.5, 0.6) is 0 Å². The highest BCUT2D eigenvalue weighted by Gasteiger charge is 2.30. The molecule has 1 unspecified atom stereocenters. The molecule has 0 amide bonds. The number of methoxy groups -OCH3 is 1. The van der Waals surface area contributed by atoms with Gasteiger partial charge in [0.2, 0.25) is 0 Å². The van der Waals surface area contributed by atoms with Gasteiger partial charge in [0.1, 0.15) is 10.6 Å². The minimum absolute atomic E-state index is 0.255. The molecule has 2 heterocycles. The molecule has 2 N–H and O–H groups in total. The average Bonchev–Trinajstić information content (AvgIpc) is 3.14. The second kappa shape index (κ2) is 5.73. The minimum Gasteiger partial charge on any atom is -0.465 e. The Bertz CT molecular complexity index is 642. The monoisotopic (exact) mass is 303 g/mol. The lowest BCUT2D eigenvalue weighted by Crippen LogP contribution is -2.21. The molecule has 1 atom stereocenters. The zero-order chi connectivity index (χ0) is 14.8. The highest BCUT2D eigenvalue weighted by molar-refractivity contribution is 7.11. The van der Waals surface area contributed by atoms with Crippen molar-refractivity contribution in [2.75, 3.05) is 30.8 Å². The van der Waals surface area contributed by atoms with Gasteiger partial charge in [-0.3, -0.25) is 0 Å². The third-order valence-corrected chi connectivity index (χ3v) is 4.76. The molecule has 0 aliphatic carbocycles. The lowest BCUT2D eigenvalue weighted by Gasteiger charge is -2.17. The Kier molecular flexibility index (Phi) is 3.79. The third-order valence-electron chi connectivity index (χ3n) is 3.84. The third kappa shape index (κ3) is 2.58. The number of rotatable bonds is 3. The van der Waals surface area contributed by atoms with Gasteiger partial charge in [-0.1, -0.05) is 30.3 Å². The van der Waals surface area contributed by atoms with Gasteiger partial charge in [-0.25, -0.2) is 4.79 Å². The maximum absolute atomic E-state index is 11.9. The van der Waals surface area contributed by atoms with Crippen molar-refractivity contribution in [3.8, 4) is 0 Å². The predicted octanol–water partition coefficient (Wildman–Crippen LogP) is 2.51. The molecule has 1 aliphatic rings. The van der Waals surface area contributed by atoms with Crippen LogP contribution in [0.15, 0.2) is 30.3 Å². The van der Waals surface area contributed by atoms with Crippen LogP contribution in [-0.4, -0.2) is 30.5 Å². The summed E-state index contributed by atoms with van der Waals surface area (Å²) in [7, 11) is 1.36. The van der Waals surface area contributed by atoms with Crippen LogP contribution >= 0.6 is 11.5 Å². The Morgan fingerprint density at radius 1 is 1.43 bits per heavy atom. The predicted molar refractivity (Wildman–Crippen MR) is 83.9 cm³/mol. The van der Waals surface area contributed by atoms with Gasteiger partial charge in [0.05, 0.1) is 7.11 Å². The molecule has 3 rings (SSSR count). The highest BCUT2D eigenvalue weighted by atomic mass is 32.1. The fraction of sp³-hybridized carbons (Fsp3) is 0.333. The van der Waals surface area contributed by atoms with Crippen LogP contribution < -0.4 is 10.6 Å². The molecular weight excluding hydrogens is 286 g/mol. The van der Waals surface area contributed by atoms with Crippen molar-refractivity contribution in [2.45, 2.75) is 12.3 Å². The number of hydrogen-bond donors (Lipinski definition) is 1. The summed E-state index contributed by atoms with van der Waals surface area (Å²) >= 11 is 1.26. The summed E-state index contributed by atoms with van der Waals surface area (Å²) in [5.41, 5.74) is 7.53. The van der Waals surface area contributed by atoms with Crippen LogP contribution in [0.1, 0.15) is 28.3 Å². The first-order valence-electron chi connectivity index (χ1n) is 6.84. The van der Waals surface area contributed by atoms with E-state index in [4.69, 9.17) is 10.5 Å². The molecule has 5 nitrogen and oxygen atoms in total. The van der Waals surface area contributed by atoms with Gasteiger partial charge >= 0.3 is 5.97 Å². The van der Waals surface area contributed by atoms with E-state index in [0.29, 0.717) is 11.5 Å². The number of aromatic nitrogens is 1. The molecule has 1 saturated heterocycles. The van der Waals surface area contributed by atoms with Gasteiger partial charge in [-0.05, 0) is 23.5 Å². The van der Waals surface area contributed by atoms with E-state index >= 15 is 0 Å². The van der Waals surface area contributed by atoms with Gasteiger partial charge < -0.3 is 15.4 Å². The van der Waals surface area contributed by atoms with Crippen molar-refractivity contribution in [3.05, 3.63) is 41.5 Å². The molecule has 6 heteroatoms. The molecule has 0 radical (unpaired) electrons. The number of carbonyl (C=O) groups excluding carboxylic acids is 1. The molecule has 0 spiro atoms. The summed E-state index contributed by atoms with van der Waals surface area (Å²) in [6.07, 6.45) is 1.06. The Morgan fingerprint density at radius 3 is 2.90 bits per heavy atom. The van der Waals surface area contributed by atoms with Crippen molar-refractivity contribution in [1.29, 1.82) is 0 Å². The van der Waals surface area contributed by atoms with E-state index < -0.39 is 5.97 Å². The molecule has 1 aliphatic heterocycles. The van der Waals surface area contributed by atoms with E-state index in [1.165, 1.54) is 24.2 Å². The van der Waals surface area contributed by atoms with Crippen molar-refractivity contribution in [2.24, 2.45) is 0 Å². The fourth-order valence-electron chi connectivity index (χ4n) is 2.75. The number of nitrogen functional groups attached to an aromatic ring is 1. The normalized spacial score (nSPS) is 18.0. The van der Waals surface area contributed by atoms with Crippen LogP contribution in [0.2, 0.25) is 0 Å². The number of anilines is 2. The second-order valence-corrected chi connectivity index (χ2v) is 5.83. The first-order chi connectivity index (χ1) is 10.2. The van der Waals surface area contributed by atoms with E-state index in [-0.39, 0.29) is 5.82 Å². The summed E-state index contributed by atoms with van der Waals surface area (Å²) in [5.74, 6) is 0.310. The summed E-state index contributed by atoms with van der Waals surface area (Å²) < 4.78 is 8.91. The fourth-order valence-corrected chi connectivity index (χ4v) is 3.58. The number of nitrogens with zero attached hydrogens (tertiary/aromatic N) is 2. The zero-order valence-electron chi connectivity index (χ0n) is 11.8. The molecule has 0 saturated carbocycles. The van der Waals surface area contributed by atoms with Gasteiger partial charge in [-0.2, -0.15) is 4.37 Å². The van der Waals surface area contributed by atoms with E-state index in [0.717, 1.165) is 24.5 Å². The van der Waals surface area contributed by atoms with Gasteiger partial charge in [0.15, 0.2) is 5.82 Å². The van der Waals surface area contributed by atoms with Crippen molar-refractivity contribution >= 4 is 28.3 Å². The second-order valence-electron chi connectivity index (χ2n) is 5.08. The quantitative estimate of drug-likeness (QED) is 0.882. The largest absolute Gasteiger partial charge is 0.465 e. The Morgan fingerprint density at radius 2 is 2.19 bits per heavy atom. The van der Waals surface area contributed by atoms with Crippen LogP contribution in [0.4, 0.5) is 10.8 Å². The van der Waals surface area contributed by atoms with E-state index in [2.05, 4.69) is 33.5 Å². The van der Waals surface area contributed by atoms with Crippen LogP contribution in [0.25, 0.3) is 0 Å². The molecular formula is C15H17N3O2S. The van der Waals surface area contributed by atoms with Gasteiger partial charge in [0, 0.05) is 19.0 Å². The van der Waals surface area contributed by atoms with Crippen molar-refractivity contribution in [1.82, 2.24) is 4.37 Å². The van der Waals surface area contributed by atoms with E-state index in [1.807, 2.05) is 6.07 Å². The van der Waals surface area contributed by atoms with Crippen molar-refractivity contribution < 1.29 is 9.53 Å². The standard InChI is InChI=1S/C15H17N3O2S/c1-20-15(19)12-13(16)17-21-14(12)18-8-7-11(9-18)10-5-3-2-4-6-10/h2-6,11H,7-9H2,1H3,(H2,16,17). The summed E-state index contributed by atoms with van der Waals surface area (Å²) in [4.78, 5) is 14.0. The molecule has 1 fully saturated rings. The first-order valence-corrected chi connectivity index (χ1v) is 7.61. The lowest BCUT2D eigenvalue weighted by molar-refractivity contribution is 0.0603. The summed E-state index contributed by atoms with van der Waals surface area (Å²) in [6, 6.07) is 10.4. The number of carbonyl (C=O) groups is 1.